The Labute approximate surface area is 204 Å². The summed E-state index contributed by atoms with van der Waals surface area (Å²) in [6, 6.07) is 10.7. The van der Waals surface area contributed by atoms with Crippen LogP contribution in [0.5, 0.6) is 5.75 Å². The van der Waals surface area contributed by atoms with Gasteiger partial charge in [-0.1, -0.05) is 6.07 Å². The number of fused-ring (bicyclic) bond motifs is 1. The molecule has 1 amide bonds. The standard InChI is InChI=1S/C27H30FN5O2/c1-32-11-8-21(9-12-32)35-22-7-3-6-20(14-22)31-27(34)26-24-15-23(19-16-30-33(2)17-19)25(28)13-18(24)5-4-10-29-26/h3,6-7,13-17,21H,4-5,8-12H2,1-2H3,(H,31,34). The van der Waals surface area contributed by atoms with Crippen LogP contribution >= 0.6 is 0 Å². The molecule has 3 heterocycles. The van der Waals surface area contributed by atoms with Crippen LogP contribution in [0.2, 0.25) is 0 Å². The van der Waals surface area contributed by atoms with Crippen molar-refractivity contribution in [3.8, 4) is 16.9 Å². The molecule has 2 aliphatic rings. The van der Waals surface area contributed by atoms with Gasteiger partial charge in [0.1, 0.15) is 23.4 Å². The molecule has 0 aliphatic carbocycles. The summed E-state index contributed by atoms with van der Waals surface area (Å²) < 4.78 is 22.7. The number of benzene rings is 2. The number of hydrogen-bond donors (Lipinski definition) is 1. The number of aliphatic imine (C=N–C) groups is 1. The number of nitrogens with zero attached hydrogens (tertiary/aromatic N) is 4. The van der Waals surface area contributed by atoms with Crippen LogP contribution in [0.25, 0.3) is 11.1 Å². The van der Waals surface area contributed by atoms with Crippen LogP contribution in [0.4, 0.5) is 10.1 Å². The number of piperidine rings is 1. The van der Waals surface area contributed by atoms with Crippen molar-refractivity contribution in [3.05, 3.63) is 65.7 Å². The highest BCUT2D eigenvalue weighted by Crippen LogP contribution is 2.29. The zero-order valence-electron chi connectivity index (χ0n) is 20.1. The molecule has 0 unspecified atom stereocenters. The molecule has 2 aliphatic heterocycles. The molecule has 182 valence electrons. The number of likely N-dealkylation sites (tertiary alicyclic amines) is 1. The minimum absolute atomic E-state index is 0.177. The lowest BCUT2D eigenvalue weighted by Crippen LogP contribution is -2.35. The molecule has 0 atom stereocenters. The van der Waals surface area contributed by atoms with E-state index in [4.69, 9.17) is 4.74 Å². The van der Waals surface area contributed by atoms with Gasteiger partial charge in [0.15, 0.2) is 0 Å². The minimum atomic E-state index is -0.322. The Balaban J connectivity index is 1.37. The van der Waals surface area contributed by atoms with E-state index in [1.807, 2.05) is 24.3 Å². The van der Waals surface area contributed by atoms with E-state index in [9.17, 15) is 9.18 Å². The first kappa shape index (κ1) is 23.2. The molecule has 0 spiro atoms. The van der Waals surface area contributed by atoms with Gasteiger partial charge in [-0.25, -0.2) is 4.39 Å². The zero-order valence-corrected chi connectivity index (χ0v) is 20.1. The second kappa shape index (κ2) is 10.00. The van der Waals surface area contributed by atoms with Crippen LogP contribution < -0.4 is 10.1 Å². The number of aromatic nitrogens is 2. The largest absolute Gasteiger partial charge is 0.490 e. The lowest BCUT2D eigenvalue weighted by Gasteiger charge is -2.29. The fraction of sp³-hybridized carbons (Fsp3) is 0.370. The number of anilines is 1. The van der Waals surface area contributed by atoms with Gasteiger partial charge in [-0.2, -0.15) is 5.10 Å². The maximum Gasteiger partial charge on any atom is 0.274 e. The Hall–Kier alpha value is -3.52. The molecule has 0 saturated carbocycles. The van der Waals surface area contributed by atoms with Gasteiger partial charge in [-0.3, -0.25) is 14.5 Å². The van der Waals surface area contributed by atoms with Crippen molar-refractivity contribution in [2.75, 3.05) is 32.0 Å². The molecule has 5 rings (SSSR count). The maximum atomic E-state index is 14.9. The smallest absolute Gasteiger partial charge is 0.274 e. The van der Waals surface area contributed by atoms with Crippen molar-refractivity contribution in [2.24, 2.45) is 12.0 Å². The van der Waals surface area contributed by atoms with Gasteiger partial charge in [0, 0.05) is 61.3 Å². The van der Waals surface area contributed by atoms with E-state index in [0.717, 1.165) is 43.7 Å². The molecule has 35 heavy (non-hydrogen) atoms. The van der Waals surface area contributed by atoms with Gasteiger partial charge in [-0.05, 0) is 62.6 Å². The average molecular weight is 476 g/mol. The number of aryl methyl sites for hydroxylation is 2. The third-order valence-electron chi connectivity index (χ3n) is 6.61. The van der Waals surface area contributed by atoms with Gasteiger partial charge in [-0.15, -0.1) is 0 Å². The van der Waals surface area contributed by atoms with E-state index < -0.39 is 0 Å². The Morgan fingerprint density at radius 2 is 1.97 bits per heavy atom. The van der Waals surface area contributed by atoms with Crippen molar-refractivity contribution < 1.29 is 13.9 Å². The average Bonchev–Trinajstić information content (AvgIpc) is 3.16. The number of hydrogen-bond acceptors (Lipinski definition) is 5. The fourth-order valence-corrected chi connectivity index (χ4v) is 4.70. The molecular formula is C27H30FN5O2. The molecule has 1 N–H and O–H groups in total. The van der Waals surface area contributed by atoms with Crippen molar-refractivity contribution in [1.82, 2.24) is 14.7 Å². The fourth-order valence-electron chi connectivity index (χ4n) is 4.70. The Morgan fingerprint density at radius 1 is 1.14 bits per heavy atom. The van der Waals surface area contributed by atoms with Gasteiger partial charge >= 0.3 is 0 Å². The highest BCUT2D eigenvalue weighted by molar-refractivity contribution is 6.49. The van der Waals surface area contributed by atoms with Crippen LogP contribution in [-0.2, 0) is 18.3 Å². The Bertz CT molecular complexity index is 1260. The highest BCUT2D eigenvalue weighted by Gasteiger charge is 2.23. The van der Waals surface area contributed by atoms with Crippen LogP contribution in [0.15, 0.2) is 53.8 Å². The molecule has 1 fully saturated rings. The summed E-state index contributed by atoms with van der Waals surface area (Å²) in [5.74, 6) is 0.104. The predicted octanol–water partition coefficient (Wildman–Crippen LogP) is 4.07. The summed E-state index contributed by atoms with van der Waals surface area (Å²) in [5.41, 5.74) is 3.50. The van der Waals surface area contributed by atoms with Crippen molar-refractivity contribution >= 4 is 17.3 Å². The SMILES string of the molecule is CN1CCC(Oc2cccc(NC(=O)C3=NCCCc4cc(F)c(-c5cnn(C)c5)cc43)c2)CC1. The number of nitrogens with one attached hydrogen (secondary N) is 1. The van der Waals surface area contributed by atoms with Gasteiger partial charge < -0.3 is 15.0 Å². The molecule has 1 saturated heterocycles. The molecule has 8 heteroatoms. The van der Waals surface area contributed by atoms with Crippen molar-refractivity contribution in [1.29, 1.82) is 0 Å². The third-order valence-corrected chi connectivity index (χ3v) is 6.61. The molecule has 3 aromatic rings. The number of halogens is 1. The van der Waals surface area contributed by atoms with E-state index in [0.29, 0.717) is 41.1 Å². The normalized spacial score (nSPS) is 16.8. The first-order valence-corrected chi connectivity index (χ1v) is 12.1. The summed E-state index contributed by atoms with van der Waals surface area (Å²) in [4.78, 5) is 20.2. The second-order valence-electron chi connectivity index (χ2n) is 9.33. The van der Waals surface area contributed by atoms with E-state index in [1.165, 1.54) is 6.07 Å². The summed E-state index contributed by atoms with van der Waals surface area (Å²) >= 11 is 0. The highest BCUT2D eigenvalue weighted by atomic mass is 19.1. The molecule has 0 radical (unpaired) electrons. The Kier molecular flexibility index (Phi) is 6.63. The topological polar surface area (TPSA) is 71.8 Å². The molecule has 7 nitrogen and oxygen atoms in total. The van der Waals surface area contributed by atoms with Gasteiger partial charge in [0.25, 0.3) is 5.91 Å². The minimum Gasteiger partial charge on any atom is -0.490 e. The van der Waals surface area contributed by atoms with Crippen LogP contribution in [0.1, 0.15) is 30.4 Å². The van der Waals surface area contributed by atoms with Crippen LogP contribution in [0, 0.1) is 5.82 Å². The lowest BCUT2D eigenvalue weighted by molar-refractivity contribution is -0.110. The zero-order chi connectivity index (χ0) is 24.4. The lowest BCUT2D eigenvalue weighted by atomic mass is 9.95. The number of carbonyl (C=O) groups is 1. The molecular weight excluding hydrogens is 445 g/mol. The van der Waals surface area contributed by atoms with Crippen LogP contribution in [0.3, 0.4) is 0 Å². The first-order chi connectivity index (χ1) is 17.0. The third kappa shape index (κ3) is 5.27. The van der Waals surface area contributed by atoms with E-state index in [1.54, 1.807) is 30.2 Å². The predicted molar refractivity (Wildman–Crippen MR) is 135 cm³/mol. The summed E-state index contributed by atoms with van der Waals surface area (Å²) in [6.07, 6.45) is 6.95. The van der Waals surface area contributed by atoms with E-state index >= 15 is 0 Å². The monoisotopic (exact) mass is 475 g/mol. The van der Waals surface area contributed by atoms with E-state index in [-0.39, 0.29) is 17.8 Å². The quantitative estimate of drug-likeness (QED) is 0.604. The molecule has 1 aromatic heterocycles. The van der Waals surface area contributed by atoms with Crippen molar-refractivity contribution in [3.63, 3.8) is 0 Å². The summed E-state index contributed by atoms with van der Waals surface area (Å²) in [7, 11) is 3.91. The number of ether oxygens (including phenoxy) is 1. The maximum absolute atomic E-state index is 14.9. The van der Waals surface area contributed by atoms with Crippen molar-refractivity contribution in [2.45, 2.75) is 31.8 Å². The van der Waals surface area contributed by atoms with E-state index in [2.05, 4.69) is 27.4 Å². The van der Waals surface area contributed by atoms with Gasteiger partial charge in [0.2, 0.25) is 0 Å². The van der Waals surface area contributed by atoms with Gasteiger partial charge in [0.05, 0.1) is 6.20 Å². The summed E-state index contributed by atoms with van der Waals surface area (Å²) in [5, 5.41) is 7.13. The number of rotatable bonds is 5. The van der Waals surface area contributed by atoms with Crippen LogP contribution in [-0.4, -0.2) is 59.1 Å². The second-order valence-corrected chi connectivity index (χ2v) is 9.33. The first-order valence-electron chi connectivity index (χ1n) is 12.1. The number of amides is 1. The number of carbonyl (C=O) groups excluding carboxylic acids is 1. The Morgan fingerprint density at radius 3 is 2.74 bits per heavy atom. The molecule has 2 aromatic carbocycles. The molecule has 0 bridgehead atoms. The summed E-state index contributed by atoms with van der Waals surface area (Å²) in [6.45, 7) is 2.55.